The summed E-state index contributed by atoms with van der Waals surface area (Å²) < 4.78 is 5.89. The lowest BCUT2D eigenvalue weighted by molar-refractivity contribution is -0.155. The van der Waals surface area contributed by atoms with Crippen LogP contribution in [-0.4, -0.2) is 42.5 Å². The molecule has 0 aromatic heterocycles. The van der Waals surface area contributed by atoms with Crippen LogP contribution in [0.15, 0.2) is 0 Å². The van der Waals surface area contributed by atoms with E-state index in [0.29, 0.717) is 5.78 Å². The molecule has 2 fully saturated rings. The third-order valence-electron chi connectivity index (χ3n) is 4.78. The van der Waals surface area contributed by atoms with Crippen molar-refractivity contribution in [2.45, 2.75) is 58.0 Å². The molecule has 2 rings (SSSR count). The van der Waals surface area contributed by atoms with E-state index in [4.69, 9.17) is 4.74 Å². The number of carbonyl (C=O) groups excluding carboxylic acids is 1. The normalized spacial score (nSPS) is 26.3. The maximum absolute atomic E-state index is 12.3. The molecule has 0 aromatic carbocycles. The monoisotopic (exact) mass is 253 g/mol. The minimum Gasteiger partial charge on any atom is -0.375 e. The molecule has 1 atom stereocenters. The van der Waals surface area contributed by atoms with Crippen molar-refractivity contribution in [3.05, 3.63) is 0 Å². The van der Waals surface area contributed by atoms with E-state index in [1.165, 1.54) is 19.3 Å². The fourth-order valence-electron chi connectivity index (χ4n) is 3.23. The van der Waals surface area contributed by atoms with Crippen molar-refractivity contribution in [2.75, 3.05) is 26.2 Å². The maximum Gasteiger partial charge on any atom is 0.137 e. The first kappa shape index (κ1) is 14.0. The van der Waals surface area contributed by atoms with Crippen LogP contribution in [0, 0.1) is 5.92 Å². The molecule has 1 aliphatic carbocycles. The van der Waals surface area contributed by atoms with Crippen LogP contribution >= 0.6 is 0 Å². The number of ketones is 1. The fraction of sp³-hybridized carbons (Fsp3) is 0.933. The van der Waals surface area contributed by atoms with Crippen molar-refractivity contribution in [3.8, 4) is 0 Å². The summed E-state index contributed by atoms with van der Waals surface area (Å²) in [5.74, 6) is 0.742. The van der Waals surface area contributed by atoms with Crippen LogP contribution in [-0.2, 0) is 9.53 Å². The summed E-state index contributed by atoms with van der Waals surface area (Å²) in [4.78, 5) is 14.6. The minimum atomic E-state index is 0.105. The Morgan fingerprint density at radius 3 is 2.61 bits per heavy atom. The third kappa shape index (κ3) is 3.12. The predicted octanol–water partition coefficient (Wildman–Crippen LogP) is 2.64. The number of rotatable bonds is 6. The van der Waals surface area contributed by atoms with Crippen LogP contribution in [0.2, 0.25) is 0 Å². The second kappa shape index (κ2) is 6.16. The van der Waals surface area contributed by atoms with Gasteiger partial charge in [-0.25, -0.2) is 0 Å². The fourth-order valence-corrected chi connectivity index (χ4v) is 3.23. The first-order valence-corrected chi connectivity index (χ1v) is 7.58. The summed E-state index contributed by atoms with van der Waals surface area (Å²) in [7, 11) is 0. The highest BCUT2D eigenvalue weighted by atomic mass is 16.5. The SMILES string of the molecule is CCN(CC)CCC(=O)C1CCOC2(CCC2)C1. The average Bonchev–Trinajstić information content (AvgIpc) is 2.38. The summed E-state index contributed by atoms with van der Waals surface area (Å²) >= 11 is 0. The third-order valence-corrected chi connectivity index (χ3v) is 4.78. The number of nitrogens with zero attached hydrogens (tertiary/aromatic N) is 1. The summed E-state index contributed by atoms with van der Waals surface area (Å²) in [6.45, 7) is 8.12. The second-order valence-electron chi connectivity index (χ2n) is 5.82. The van der Waals surface area contributed by atoms with Crippen molar-refractivity contribution in [1.29, 1.82) is 0 Å². The van der Waals surface area contributed by atoms with E-state index in [2.05, 4.69) is 18.7 Å². The Balaban J connectivity index is 1.78. The highest BCUT2D eigenvalue weighted by Gasteiger charge is 2.43. The van der Waals surface area contributed by atoms with Gasteiger partial charge in [-0.3, -0.25) is 4.79 Å². The van der Waals surface area contributed by atoms with Gasteiger partial charge in [-0.1, -0.05) is 13.8 Å². The van der Waals surface area contributed by atoms with Crippen molar-refractivity contribution in [2.24, 2.45) is 5.92 Å². The molecule has 104 valence electrons. The van der Waals surface area contributed by atoms with Crippen LogP contribution in [0.4, 0.5) is 0 Å². The van der Waals surface area contributed by atoms with Crippen molar-refractivity contribution < 1.29 is 9.53 Å². The molecule has 1 heterocycles. The molecule has 3 nitrogen and oxygen atoms in total. The van der Waals surface area contributed by atoms with Crippen molar-refractivity contribution >= 4 is 5.78 Å². The number of carbonyl (C=O) groups is 1. The molecule has 1 saturated carbocycles. The molecule has 3 heteroatoms. The highest BCUT2D eigenvalue weighted by Crippen LogP contribution is 2.44. The lowest BCUT2D eigenvalue weighted by Gasteiger charge is -2.47. The van der Waals surface area contributed by atoms with E-state index in [9.17, 15) is 4.79 Å². The number of hydrogen-bond acceptors (Lipinski definition) is 3. The number of Topliss-reactive ketones (excluding diaryl/α,β-unsaturated/α-hetero) is 1. The lowest BCUT2D eigenvalue weighted by Crippen LogP contribution is -2.47. The van der Waals surface area contributed by atoms with Gasteiger partial charge in [0, 0.05) is 25.5 Å². The molecule has 1 spiro atoms. The van der Waals surface area contributed by atoms with Crippen molar-refractivity contribution in [1.82, 2.24) is 4.90 Å². The summed E-state index contributed by atoms with van der Waals surface area (Å²) in [5.41, 5.74) is 0.105. The van der Waals surface area contributed by atoms with Gasteiger partial charge in [0.15, 0.2) is 0 Å². The van der Waals surface area contributed by atoms with Gasteiger partial charge in [0.2, 0.25) is 0 Å². The van der Waals surface area contributed by atoms with E-state index in [1.807, 2.05) is 0 Å². The van der Waals surface area contributed by atoms with Gasteiger partial charge in [-0.15, -0.1) is 0 Å². The topological polar surface area (TPSA) is 29.5 Å². The Bertz CT molecular complexity index is 282. The van der Waals surface area contributed by atoms with Crippen LogP contribution in [0.3, 0.4) is 0 Å². The van der Waals surface area contributed by atoms with Gasteiger partial charge < -0.3 is 9.64 Å². The molecule has 0 aromatic rings. The minimum absolute atomic E-state index is 0.105. The molecule has 18 heavy (non-hydrogen) atoms. The smallest absolute Gasteiger partial charge is 0.137 e. The van der Waals surface area contributed by atoms with Crippen LogP contribution in [0.1, 0.15) is 52.4 Å². The molecule has 0 amide bonds. The van der Waals surface area contributed by atoms with Gasteiger partial charge in [0.05, 0.1) is 5.60 Å². The Morgan fingerprint density at radius 1 is 1.33 bits per heavy atom. The van der Waals surface area contributed by atoms with Gasteiger partial charge in [-0.05, 0) is 45.2 Å². The summed E-state index contributed by atoms with van der Waals surface area (Å²) in [6, 6.07) is 0. The first-order chi connectivity index (χ1) is 8.69. The zero-order chi connectivity index (χ0) is 13.0. The quantitative estimate of drug-likeness (QED) is 0.729. The van der Waals surface area contributed by atoms with Crippen molar-refractivity contribution in [3.63, 3.8) is 0 Å². The Kier molecular flexibility index (Phi) is 4.79. The standard InChI is InChI=1S/C15H27NO2/c1-3-16(4-2)10-6-14(17)13-7-11-18-15(12-13)8-5-9-15/h13H,3-12H2,1-2H3. The van der Waals surface area contributed by atoms with Gasteiger partial charge >= 0.3 is 0 Å². The molecule has 0 radical (unpaired) electrons. The highest BCUT2D eigenvalue weighted by molar-refractivity contribution is 5.81. The van der Waals surface area contributed by atoms with Crippen LogP contribution < -0.4 is 0 Å². The van der Waals surface area contributed by atoms with Crippen LogP contribution in [0.25, 0.3) is 0 Å². The number of ether oxygens (including phenoxy) is 1. The van der Waals surface area contributed by atoms with Crippen LogP contribution in [0.5, 0.6) is 0 Å². The molecule has 1 saturated heterocycles. The molecule has 2 aliphatic rings. The Morgan fingerprint density at radius 2 is 2.06 bits per heavy atom. The molecule has 0 N–H and O–H groups in total. The van der Waals surface area contributed by atoms with E-state index < -0.39 is 0 Å². The van der Waals surface area contributed by atoms with E-state index >= 15 is 0 Å². The molecule has 0 bridgehead atoms. The van der Waals surface area contributed by atoms with Gasteiger partial charge in [0.1, 0.15) is 5.78 Å². The maximum atomic E-state index is 12.3. The predicted molar refractivity (Wildman–Crippen MR) is 72.7 cm³/mol. The molecule has 1 aliphatic heterocycles. The average molecular weight is 253 g/mol. The van der Waals surface area contributed by atoms with Gasteiger partial charge in [0.25, 0.3) is 0 Å². The summed E-state index contributed by atoms with van der Waals surface area (Å²) in [5, 5.41) is 0. The lowest BCUT2D eigenvalue weighted by atomic mass is 9.71. The first-order valence-electron chi connectivity index (χ1n) is 7.58. The largest absolute Gasteiger partial charge is 0.375 e. The summed E-state index contributed by atoms with van der Waals surface area (Å²) in [6.07, 6.45) is 6.28. The van der Waals surface area contributed by atoms with Gasteiger partial charge in [-0.2, -0.15) is 0 Å². The second-order valence-corrected chi connectivity index (χ2v) is 5.82. The number of hydrogen-bond donors (Lipinski definition) is 0. The molecular formula is C15H27NO2. The molecule has 1 unspecified atom stereocenters. The zero-order valence-electron chi connectivity index (χ0n) is 11.9. The van der Waals surface area contributed by atoms with E-state index in [0.717, 1.165) is 45.5 Å². The molecular weight excluding hydrogens is 226 g/mol. The van der Waals surface area contributed by atoms with E-state index in [-0.39, 0.29) is 11.5 Å². The van der Waals surface area contributed by atoms with E-state index in [1.54, 1.807) is 0 Å². The Hall–Kier alpha value is -0.410. The Labute approximate surface area is 111 Å². The zero-order valence-corrected chi connectivity index (χ0v) is 11.9.